The Morgan fingerprint density at radius 1 is 1.14 bits per heavy atom. The van der Waals surface area contributed by atoms with Crippen molar-refractivity contribution in [2.75, 3.05) is 7.11 Å². The molecular weight excluding hydrogens is 356 g/mol. The number of hydrogen-bond donors (Lipinski definition) is 3. The molecule has 28 heavy (non-hydrogen) atoms. The first-order chi connectivity index (χ1) is 13.5. The number of nitrogens with one attached hydrogen (secondary N) is 2. The lowest BCUT2D eigenvalue weighted by Crippen LogP contribution is -2.44. The molecule has 146 valence electrons. The van der Waals surface area contributed by atoms with Gasteiger partial charge >= 0.3 is 5.97 Å². The molecule has 2 aromatic carbocycles. The van der Waals surface area contributed by atoms with Crippen LogP contribution in [0.1, 0.15) is 30.4 Å². The maximum absolute atomic E-state index is 12.8. The molecule has 0 radical (unpaired) electrons. The van der Waals surface area contributed by atoms with Gasteiger partial charge in [0.25, 0.3) is 0 Å². The Morgan fingerprint density at radius 2 is 1.86 bits per heavy atom. The van der Waals surface area contributed by atoms with Crippen molar-refractivity contribution in [3.8, 4) is 5.75 Å². The maximum atomic E-state index is 12.8. The van der Waals surface area contributed by atoms with Gasteiger partial charge in [-0.05, 0) is 35.7 Å². The van der Waals surface area contributed by atoms with Gasteiger partial charge in [0.15, 0.2) is 0 Å². The zero-order valence-electron chi connectivity index (χ0n) is 15.9. The highest BCUT2D eigenvalue weighted by Crippen LogP contribution is 2.23. The lowest BCUT2D eigenvalue weighted by atomic mass is 9.94. The summed E-state index contributed by atoms with van der Waals surface area (Å²) in [6.07, 6.45) is 2.58. The molecule has 0 fully saturated rings. The lowest BCUT2D eigenvalue weighted by Gasteiger charge is -2.20. The molecule has 6 nitrogen and oxygen atoms in total. The second kappa shape index (κ2) is 8.61. The van der Waals surface area contributed by atoms with E-state index in [2.05, 4.69) is 10.3 Å². The number of aromatic nitrogens is 1. The number of aromatic amines is 1. The topological polar surface area (TPSA) is 91.4 Å². The quantitative estimate of drug-likeness (QED) is 0.558. The summed E-state index contributed by atoms with van der Waals surface area (Å²) in [5.41, 5.74) is 2.63. The first kappa shape index (κ1) is 19.5. The number of ether oxygens (including phenoxy) is 1. The summed E-state index contributed by atoms with van der Waals surface area (Å²) in [7, 11) is 1.58. The van der Waals surface area contributed by atoms with E-state index in [1.54, 1.807) is 25.4 Å². The SMILES string of the molecule is CCC(C(=O)NC(Cc1c[nH]c2ccccc12)C(=O)O)c1ccc(OC)cc1. The summed E-state index contributed by atoms with van der Waals surface area (Å²) < 4.78 is 5.15. The highest BCUT2D eigenvalue weighted by molar-refractivity contribution is 5.89. The second-order valence-electron chi connectivity index (χ2n) is 6.70. The van der Waals surface area contributed by atoms with Crippen LogP contribution in [0.25, 0.3) is 10.9 Å². The van der Waals surface area contributed by atoms with Crippen molar-refractivity contribution in [2.45, 2.75) is 31.7 Å². The predicted molar refractivity (Wildman–Crippen MR) is 108 cm³/mol. The Hall–Kier alpha value is -3.28. The van der Waals surface area contributed by atoms with Crippen molar-refractivity contribution in [3.63, 3.8) is 0 Å². The highest BCUT2D eigenvalue weighted by Gasteiger charge is 2.26. The van der Waals surface area contributed by atoms with Gasteiger partial charge in [0.2, 0.25) is 5.91 Å². The largest absolute Gasteiger partial charge is 0.497 e. The molecule has 3 rings (SSSR count). The molecular formula is C22H24N2O4. The number of fused-ring (bicyclic) bond motifs is 1. The zero-order chi connectivity index (χ0) is 20.1. The Bertz CT molecular complexity index is 962. The van der Waals surface area contributed by atoms with Crippen LogP contribution in [-0.4, -0.2) is 35.1 Å². The van der Waals surface area contributed by atoms with E-state index in [-0.39, 0.29) is 12.3 Å². The Morgan fingerprint density at radius 3 is 2.50 bits per heavy atom. The van der Waals surface area contributed by atoms with Crippen LogP contribution >= 0.6 is 0 Å². The van der Waals surface area contributed by atoms with Gasteiger partial charge in [0, 0.05) is 23.5 Å². The summed E-state index contributed by atoms with van der Waals surface area (Å²) in [6, 6.07) is 14.0. The molecule has 1 aromatic heterocycles. The van der Waals surface area contributed by atoms with E-state index in [1.807, 2.05) is 43.3 Å². The van der Waals surface area contributed by atoms with Gasteiger partial charge in [-0.2, -0.15) is 0 Å². The van der Waals surface area contributed by atoms with E-state index in [9.17, 15) is 14.7 Å². The summed E-state index contributed by atoms with van der Waals surface area (Å²) >= 11 is 0. The summed E-state index contributed by atoms with van der Waals surface area (Å²) in [5, 5.41) is 13.3. The fraction of sp³-hybridized carbons (Fsp3) is 0.273. The molecule has 0 saturated carbocycles. The number of carboxylic acid groups (broad SMARTS) is 1. The molecule has 0 spiro atoms. The van der Waals surface area contributed by atoms with Gasteiger partial charge in [-0.25, -0.2) is 4.79 Å². The monoisotopic (exact) mass is 380 g/mol. The normalized spacial score (nSPS) is 13.1. The molecule has 2 unspecified atom stereocenters. The lowest BCUT2D eigenvalue weighted by molar-refractivity contribution is -0.142. The van der Waals surface area contributed by atoms with Crippen molar-refractivity contribution in [1.29, 1.82) is 0 Å². The van der Waals surface area contributed by atoms with E-state index < -0.39 is 17.9 Å². The number of methoxy groups -OCH3 is 1. The number of carbonyl (C=O) groups is 2. The first-order valence-electron chi connectivity index (χ1n) is 9.25. The summed E-state index contributed by atoms with van der Waals surface area (Å²) in [5.74, 6) is -1.05. The van der Waals surface area contributed by atoms with Gasteiger partial charge in [-0.1, -0.05) is 37.3 Å². The van der Waals surface area contributed by atoms with Gasteiger partial charge in [0.1, 0.15) is 11.8 Å². The minimum atomic E-state index is -1.05. The molecule has 3 aromatic rings. The molecule has 0 aliphatic carbocycles. The van der Waals surface area contributed by atoms with Crippen LogP contribution in [0.4, 0.5) is 0 Å². The number of carboxylic acids is 1. The van der Waals surface area contributed by atoms with Gasteiger partial charge in [-0.15, -0.1) is 0 Å². The van der Waals surface area contributed by atoms with Gasteiger partial charge < -0.3 is 20.1 Å². The van der Waals surface area contributed by atoms with Crippen LogP contribution in [0.5, 0.6) is 5.75 Å². The zero-order valence-corrected chi connectivity index (χ0v) is 15.9. The Balaban J connectivity index is 1.76. The number of para-hydroxylation sites is 1. The number of carbonyl (C=O) groups excluding carboxylic acids is 1. The Labute approximate surface area is 163 Å². The molecule has 0 aliphatic heterocycles. The standard InChI is InChI=1S/C22H24N2O4/c1-3-17(14-8-10-16(28-2)11-9-14)21(25)24-20(22(26)27)12-15-13-23-19-7-5-4-6-18(15)19/h4-11,13,17,20,23H,3,12H2,1-2H3,(H,24,25)(H,26,27). The van der Waals surface area contributed by atoms with Crippen LogP contribution in [0.3, 0.4) is 0 Å². The molecule has 1 heterocycles. The van der Waals surface area contributed by atoms with Crippen LogP contribution in [0, 0.1) is 0 Å². The summed E-state index contributed by atoms with van der Waals surface area (Å²) in [6.45, 7) is 1.91. The number of benzene rings is 2. The average molecular weight is 380 g/mol. The van der Waals surface area contributed by atoms with Crippen LogP contribution < -0.4 is 10.1 Å². The van der Waals surface area contributed by atoms with Crippen molar-refractivity contribution in [1.82, 2.24) is 10.3 Å². The van der Waals surface area contributed by atoms with Crippen LogP contribution in [0.2, 0.25) is 0 Å². The third-order valence-electron chi connectivity index (χ3n) is 4.96. The van der Waals surface area contributed by atoms with E-state index in [4.69, 9.17) is 4.74 Å². The minimum Gasteiger partial charge on any atom is -0.497 e. The molecule has 2 atom stereocenters. The number of aliphatic carboxylic acids is 1. The fourth-order valence-electron chi connectivity index (χ4n) is 3.40. The second-order valence-corrected chi connectivity index (χ2v) is 6.70. The predicted octanol–water partition coefficient (Wildman–Crippen LogP) is 3.48. The first-order valence-corrected chi connectivity index (χ1v) is 9.25. The molecule has 6 heteroatoms. The highest BCUT2D eigenvalue weighted by atomic mass is 16.5. The van der Waals surface area contributed by atoms with Crippen molar-refractivity contribution >= 4 is 22.8 Å². The number of rotatable bonds is 8. The van der Waals surface area contributed by atoms with E-state index in [0.29, 0.717) is 12.2 Å². The number of amides is 1. The molecule has 0 saturated heterocycles. The van der Waals surface area contributed by atoms with Crippen molar-refractivity contribution < 1.29 is 19.4 Å². The fourth-order valence-corrected chi connectivity index (χ4v) is 3.40. The van der Waals surface area contributed by atoms with Gasteiger partial charge in [0.05, 0.1) is 13.0 Å². The van der Waals surface area contributed by atoms with Gasteiger partial charge in [-0.3, -0.25) is 4.79 Å². The van der Waals surface area contributed by atoms with Crippen LogP contribution in [-0.2, 0) is 16.0 Å². The third-order valence-corrected chi connectivity index (χ3v) is 4.96. The minimum absolute atomic E-state index is 0.212. The molecule has 3 N–H and O–H groups in total. The van der Waals surface area contributed by atoms with E-state index in [0.717, 1.165) is 22.0 Å². The van der Waals surface area contributed by atoms with Crippen molar-refractivity contribution in [3.05, 3.63) is 65.9 Å². The number of H-pyrrole nitrogens is 1. The van der Waals surface area contributed by atoms with E-state index in [1.165, 1.54) is 0 Å². The average Bonchev–Trinajstić information content (AvgIpc) is 3.11. The Kier molecular flexibility index (Phi) is 5.99. The third kappa shape index (κ3) is 4.17. The molecule has 0 aliphatic rings. The van der Waals surface area contributed by atoms with Crippen LogP contribution in [0.15, 0.2) is 54.7 Å². The summed E-state index contributed by atoms with van der Waals surface area (Å²) in [4.78, 5) is 27.7. The smallest absolute Gasteiger partial charge is 0.326 e. The van der Waals surface area contributed by atoms with Crippen molar-refractivity contribution in [2.24, 2.45) is 0 Å². The maximum Gasteiger partial charge on any atom is 0.326 e. The molecule has 1 amide bonds. The molecule has 0 bridgehead atoms. The number of hydrogen-bond acceptors (Lipinski definition) is 3. The van der Waals surface area contributed by atoms with E-state index >= 15 is 0 Å².